The first-order valence-corrected chi connectivity index (χ1v) is 4.19. The zero-order chi connectivity index (χ0) is 6.97. The molecule has 1 aromatic heterocycles. The minimum atomic E-state index is 0.679. The zero-order valence-electron chi connectivity index (χ0n) is 5.79. The molecule has 1 saturated carbocycles. The topological polar surface area (TPSA) is 37.8 Å². The quantitative estimate of drug-likeness (QED) is 0.702. The van der Waals surface area contributed by atoms with Crippen LogP contribution in [0.2, 0.25) is 0 Å². The molecule has 4 heteroatoms. The first kappa shape index (κ1) is 6.09. The Kier molecular flexibility index (Phi) is 1.34. The smallest absolute Gasteiger partial charge is 0.202 e. The Bertz CT molecular complexity index is 229. The molecule has 1 N–H and O–H groups in total. The van der Waals surface area contributed by atoms with Crippen LogP contribution >= 0.6 is 11.5 Å². The van der Waals surface area contributed by atoms with Crippen molar-refractivity contribution < 1.29 is 0 Å². The number of nitrogens with zero attached hydrogens (tertiary/aromatic N) is 2. The predicted octanol–water partition coefficient (Wildman–Crippen LogP) is 1.46. The molecule has 0 saturated heterocycles. The fourth-order valence-corrected chi connectivity index (χ4v) is 1.44. The van der Waals surface area contributed by atoms with Crippen LogP contribution in [-0.2, 0) is 0 Å². The lowest BCUT2D eigenvalue weighted by Gasteiger charge is -1.85. The highest BCUT2D eigenvalue weighted by Gasteiger charge is 2.27. The van der Waals surface area contributed by atoms with E-state index in [2.05, 4.69) is 14.7 Å². The summed E-state index contributed by atoms with van der Waals surface area (Å²) in [6.45, 7) is 0. The van der Waals surface area contributed by atoms with E-state index in [9.17, 15) is 0 Å². The van der Waals surface area contributed by atoms with E-state index >= 15 is 0 Å². The lowest BCUT2D eigenvalue weighted by molar-refractivity contribution is 0.986. The third kappa shape index (κ3) is 0.988. The summed E-state index contributed by atoms with van der Waals surface area (Å²) >= 11 is 1.45. The van der Waals surface area contributed by atoms with E-state index in [0.717, 1.165) is 11.0 Å². The van der Waals surface area contributed by atoms with Gasteiger partial charge in [0.15, 0.2) is 0 Å². The molecule has 0 atom stereocenters. The highest BCUT2D eigenvalue weighted by molar-refractivity contribution is 7.09. The molecule has 0 amide bonds. The molecule has 3 nitrogen and oxygen atoms in total. The number of nitrogens with one attached hydrogen (secondary N) is 1. The minimum Gasteiger partial charge on any atom is -0.363 e. The third-order valence-electron chi connectivity index (χ3n) is 1.60. The van der Waals surface area contributed by atoms with Gasteiger partial charge in [-0.2, -0.15) is 4.37 Å². The largest absolute Gasteiger partial charge is 0.363 e. The fourth-order valence-electron chi connectivity index (χ4n) is 0.844. The van der Waals surface area contributed by atoms with Crippen molar-refractivity contribution in [1.82, 2.24) is 9.36 Å². The number of aromatic nitrogens is 2. The molecule has 0 radical (unpaired) electrons. The van der Waals surface area contributed by atoms with E-state index in [0.29, 0.717) is 5.92 Å². The van der Waals surface area contributed by atoms with Crippen LogP contribution in [0.25, 0.3) is 0 Å². The summed E-state index contributed by atoms with van der Waals surface area (Å²) in [6.07, 6.45) is 2.56. The molecule has 1 aliphatic rings. The Morgan fingerprint density at radius 3 is 2.90 bits per heavy atom. The number of rotatable bonds is 2. The maximum atomic E-state index is 4.29. The molecule has 0 spiro atoms. The summed E-state index contributed by atoms with van der Waals surface area (Å²) in [6, 6.07) is 0. The summed E-state index contributed by atoms with van der Waals surface area (Å²) in [5, 5.41) is 3.91. The molecular weight excluding hydrogens is 146 g/mol. The van der Waals surface area contributed by atoms with Crippen LogP contribution in [0.15, 0.2) is 0 Å². The average Bonchev–Trinajstić information content (AvgIpc) is 2.70. The van der Waals surface area contributed by atoms with Crippen molar-refractivity contribution >= 4 is 16.7 Å². The van der Waals surface area contributed by atoms with Crippen molar-refractivity contribution in [1.29, 1.82) is 0 Å². The Balaban J connectivity index is 2.19. The third-order valence-corrected chi connectivity index (χ3v) is 2.34. The van der Waals surface area contributed by atoms with Crippen molar-refractivity contribution in [3.63, 3.8) is 0 Å². The van der Waals surface area contributed by atoms with Gasteiger partial charge in [-0.05, 0) is 12.8 Å². The highest BCUT2D eigenvalue weighted by Crippen LogP contribution is 2.39. The Labute approximate surface area is 63.7 Å². The second-order valence-electron chi connectivity index (χ2n) is 2.48. The second-order valence-corrected chi connectivity index (χ2v) is 3.23. The van der Waals surface area contributed by atoms with E-state index < -0.39 is 0 Å². The van der Waals surface area contributed by atoms with E-state index in [1.807, 2.05) is 7.05 Å². The van der Waals surface area contributed by atoms with Crippen molar-refractivity contribution in [3.05, 3.63) is 5.82 Å². The molecular formula is C6H9N3S. The van der Waals surface area contributed by atoms with Gasteiger partial charge in [0.1, 0.15) is 5.82 Å². The van der Waals surface area contributed by atoms with Gasteiger partial charge in [-0.15, -0.1) is 0 Å². The molecule has 2 rings (SSSR count). The van der Waals surface area contributed by atoms with E-state index in [-0.39, 0.29) is 0 Å². The first-order valence-electron chi connectivity index (χ1n) is 3.41. The van der Waals surface area contributed by atoms with Gasteiger partial charge in [-0.1, -0.05) is 0 Å². The summed E-state index contributed by atoms with van der Waals surface area (Å²) < 4.78 is 4.22. The van der Waals surface area contributed by atoms with Gasteiger partial charge in [0, 0.05) is 24.5 Å². The molecule has 1 heterocycles. The van der Waals surface area contributed by atoms with E-state index in [1.165, 1.54) is 24.4 Å². The van der Waals surface area contributed by atoms with Gasteiger partial charge in [-0.25, -0.2) is 4.98 Å². The van der Waals surface area contributed by atoms with Crippen LogP contribution < -0.4 is 5.32 Å². The SMILES string of the molecule is CNc1nc(C2CC2)ns1. The Morgan fingerprint density at radius 2 is 2.40 bits per heavy atom. The van der Waals surface area contributed by atoms with Gasteiger partial charge in [0.05, 0.1) is 0 Å². The maximum Gasteiger partial charge on any atom is 0.202 e. The van der Waals surface area contributed by atoms with E-state index in [1.54, 1.807) is 0 Å². The molecule has 1 aromatic rings. The van der Waals surface area contributed by atoms with Gasteiger partial charge in [0.25, 0.3) is 0 Å². The molecule has 10 heavy (non-hydrogen) atoms. The Hall–Kier alpha value is -0.640. The number of hydrogen-bond donors (Lipinski definition) is 1. The predicted molar refractivity (Wildman–Crippen MR) is 41.4 cm³/mol. The van der Waals surface area contributed by atoms with Crippen LogP contribution in [-0.4, -0.2) is 16.4 Å². The van der Waals surface area contributed by atoms with Gasteiger partial charge in [-0.3, -0.25) is 0 Å². The van der Waals surface area contributed by atoms with Crippen molar-refractivity contribution in [3.8, 4) is 0 Å². The first-order chi connectivity index (χ1) is 4.90. The van der Waals surface area contributed by atoms with Crippen LogP contribution in [0.4, 0.5) is 5.13 Å². The highest BCUT2D eigenvalue weighted by atomic mass is 32.1. The Morgan fingerprint density at radius 1 is 1.60 bits per heavy atom. The van der Waals surface area contributed by atoms with Gasteiger partial charge < -0.3 is 5.32 Å². The van der Waals surface area contributed by atoms with Crippen LogP contribution in [0.3, 0.4) is 0 Å². The van der Waals surface area contributed by atoms with Gasteiger partial charge in [0.2, 0.25) is 5.13 Å². The summed E-state index contributed by atoms with van der Waals surface area (Å²) in [7, 11) is 1.87. The summed E-state index contributed by atoms with van der Waals surface area (Å²) in [5.41, 5.74) is 0. The van der Waals surface area contributed by atoms with Crippen LogP contribution in [0.1, 0.15) is 24.6 Å². The molecule has 54 valence electrons. The lowest BCUT2D eigenvalue weighted by atomic mass is 10.4. The minimum absolute atomic E-state index is 0.679. The van der Waals surface area contributed by atoms with Crippen LogP contribution in [0, 0.1) is 0 Å². The molecule has 0 aromatic carbocycles. The lowest BCUT2D eigenvalue weighted by Crippen LogP contribution is -1.87. The monoisotopic (exact) mass is 155 g/mol. The van der Waals surface area contributed by atoms with Crippen LogP contribution in [0.5, 0.6) is 0 Å². The van der Waals surface area contributed by atoms with Gasteiger partial charge >= 0.3 is 0 Å². The summed E-state index contributed by atoms with van der Waals surface area (Å²) in [4.78, 5) is 4.29. The zero-order valence-corrected chi connectivity index (χ0v) is 6.61. The molecule has 1 aliphatic carbocycles. The molecule has 0 bridgehead atoms. The molecule has 0 unspecified atom stereocenters. The normalized spacial score (nSPS) is 17.3. The van der Waals surface area contributed by atoms with Crippen molar-refractivity contribution in [2.45, 2.75) is 18.8 Å². The number of hydrogen-bond acceptors (Lipinski definition) is 4. The van der Waals surface area contributed by atoms with Crippen molar-refractivity contribution in [2.24, 2.45) is 0 Å². The second kappa shape index (κ2) is 2.20. The number of anilines is 1. The molecule has 0 aliphatic heterocycles. The fraction of sp³-hybridized carbons (Fsp3) is 0.667. The molecule has 1 fully saturated rings. The summed E-state index contributed by atoms with van der Waals surface area (Å²) in [5.74, 6) is 1.72. The average molecular weight is 155 g/mol. The standard InChI is InChI=1S/C6H9N3S/c1-7-6-8-5(9-10-6)4-2-3-4/h4H,2-3H2,1H3,(H,7,8,9). The van der Waals surface area contributed by atoms with E-state index in [4.69, 9.17) is 0 Å². The van der Waals surface area contributed by atoms with Crippen molar-refractivity contribution in [2.75, 3.05) is 12.4 Å². The maximum absolute atomic E-state index is 4.29.